The summed E-state index contributed by atoms with van der Waals surface area (Å²) in [5.41, 5.74) is 6.61. The lowest BCUT2D eigenvalue weighted by atomic mass is 9.97. The van der Waals surface area contributed by atoms with Crippen LogP contribution in [0.25, 0.3) is 0 Å². The second-order valence-electron chi connectivity index (χ2n) is 5.57. The molecule has 3 N–H and O–H groups in total. The Morgan fingerprint density at radius 2 is 2.16 bits per heavy atom. The highest BCUT2D eigenvalue weighted by molar-refractivity contribution is 6.30. The van der Waals surface area contributed by atoms with Crippen LogP contribution in [-0.2, 0) is 11.2 Å². The Morgan fingerprint density at radius 1 is 1.47 bits per heavy atom. The molecule has 0 saturated heterocycles. The highest BCUT2D eigenvalue weighted by Gasteiger charge is 2.37. The molecule has 1 saturated carbocycles. The van der Waals surface area contributed by atoms with Crippen LogP contribution in [0.1, 0.15) is 38.2 Å². The van der Waals surface area contributed by atoms with Gasteiger partial charge in [-0.05, 0) is 43.9 Å². The third kappa shape index (κ3) is 3.71. The molecule has 0 aliphatic heterocycles. The molecule has 0 radical (unpaired) electrons. The predicted molar refractivity (Wildman–Crippen MR) is 78.1 cm³/mol. The van der Waals surface area contributed by atoms with Gasteiger partial charge in [-0.3, -0.25) is 4.79 Å². The number of benzene rings is 1. The van der Waals surface area contributed by atoms with E-state index in [4.69, 9.17) is 17.3 Å². The molecular weight excluding hydrogens is 260 g/mol. The zero-order valence-electron chi connectivity index (χ0n) is 11.3. The number of carbonyl (C=O) groups excluding carboxylic acids is 1. The molecule has 4 heteroatoms. The van der Waals surface area contributed by atoms with E-state index in [0.717, 1.165) is 42.7 Å². The Kier molecular flexibility index (Phi) is 4.48. The Bertz CT molecular complexity index is 455. The summed E-state index contributed by atoms with van der Waals surface area (Å²) in [4.78, 5) is 12.2. The fourth-order valence-electron chi connectivity index (χ4n) is 2.67. The van der Waals surface area contributed by atoms with Crippen LogP contribution in [0.3, 0.4) is 0 Å². The SMILES string of the molecule is CC(Cc1cccc(Cl)c1)NC(=O)C1(N)CCCC1. The lowest BCUT2D eigenvalue weighted by Gasteiger charge is -2.25. The lowest BCUT2D eigenvalue weighted by Crippen LogP contribution is -2.54. The molecule has 0 spiro atoms. The normalized spacial score (nSPS) is 19.1. The van der Waals surface area contributed by atoms with Gasteiger partial charge in [-0.15, -0.1) is 0 Å². The van der Waals surface area contributed by atoms with Gasteiger partial charge in [0.15, 0.2) is 0 Å². The highest BCUT2D eigenvalue weighted by atomic mass is 35.5. The van der Waals surface area contributed by atoms with Gasteiger partial charge in [-0.2, -0.15) is 0 Å². The molecule has 19 heavy (non-hydrogen) atoms. The van der Waals surface area contributed by atoms with Crippen LogP contribution in [0.2, 0.25) is 5.02 Å². The first-order valence-electron chi connectivity index (χ1n) is 6.84. The number of carbonyl (C=O) groups is 1. The first-order chi connectivity index (χ1) is 8.99. The second-order valence-corrected chi connectivity index (χ2v) is 6.01. The Balaban J connectivity index is 1.90. The van der Waals surface area contributed by atoms with E-state index in [2.05, 4.69) is 5.32 Å². The van der Waals surface area contributed by atoms with Crippen molar-refractivity contribution < 1.29 is 4.79 Å². The van der Waals surface area contributed by atoms with Gasteiger partial charge in [0, 0.05) is 11.1 Å². The Labute approximate surface area is 119 Å². The van der Waals surface area contributed by atoms with Crippen LogP contribution in [0.15, 0.2) is 24.3 Å². The van der Waals surface area contributed by atoms with E-state index in [1.54, 1.807) is 0 Å². The summed E-state index contributed by atoms with van der Waals surface area (Å²) < 4.78 is 0. The number of amides is 1. The van der Waals surface area contributed by atoms with Crippen molar-refractivity contribution in [2.75, 3.05) is 0 Å². The van der Waals surface area contributed by atoms with Crippen LogP contribution < -0.4 is 11.1 Å². The minimum Gasteiger partial charge on any atom is -0.352 e. The van der Waals surface area contributed by atoms with Gasteiger partial charge in [-0.1, -0.05) is 36.6 Å². The average Bonchev–Trinajstić information content (AvgIpc) is 2.77. The summed E-state index contributed by atoms with van der Waals surface area (Å²) in [7, 11) is 0. The zero-order valence-corrected chi connectivity index (χ0v) is 12.0. The Hall–Kier alpha value is -1.06. The maximum absolute atomic E-state index is 12.2. The fraction of sp³-hybridized carbons (Fsp3) is 0.533. The molecule has 0 bridgehead atoms. The molecule has 1 aliphatic carbocycles. The summed E-state index contributed by atoms with van der Waals surface area (Å²) in [6, 6.07) is 7.78. The van der Waals surface area contributed by atoms with Crippen molar-refractivity contribution in [2.24, 2.45) is 5.73 Å². The number of nitrogens with two attached hydrogens (primary N) is 1. The summed E-state index contributed by atoms with van der Waals surface area (Å²) in [6.45, 7) is 2.00. The molecule has 1 fully saturated rings. The topological polar surface area (TPSA) is 55.1 Å². The third-order valence-electron chi connectivity index (χ3n) is 3.76. The van der Waals surface area contributed by atoms with Crippen molar-refractivity contribution in [3.8, 4) is 0 Å². The van der Waals surface area contributed by atoms with Crippen molar-refractivity contribution in [3.63, 3.8) is 0 Å². The van der Waals surface area contributed by atoms with Crippen molar-refractivity contribution in [2.45, 2.75) is 50.6 Å². The summed E-state index contributed by atoms with van der Waals surface area (Å²) >= 11 is 5.95. The first-order valence-corrected chi connectivity index (χ1v) is 7.22. The van der Waals surface area contributed by atoms with Crippen molar-refractivity contribution >= 4 is 17.5 Å². The van der Waals surface area contributed by atoms with Gasteiger partial charge in [-0.25, -0.2) is 0 Å². The van der Waals surface area contributed by atoms with E-state index in [1.807, 2.05) is 31.2 Å². The van der Waals surface area contributed by atoms with Crippen LogP contribution in [0.4, 0.5) is 0 Å². The third-order valence-corrected chi connectivity index (χ3v) is 3.99. The van der Waals surface area contributed by atoms with E-state index in [9.17, 15) is 4.79 Å². The molecule has 1 unspecified atom stereocenters. The molecule has 1 amide bonds. The van der Waals surface area contributed by atoms with Crippen molar-refractivity contribution in [3.05, 3.63) is 34.9 Å². The van der Waals surface area contributed by atoms with E-state index < -0.39 is 5.54 Å². The summed E-state index contributed by atoms with van der Waals surface area (Å²) in [5, 5.41) is 3.75. The van der Waals surface area contributed by atoms with Gasteiger partial charge < -0.3 is 11.1 Å². The van der Waals surface area contributed by atoms with Gasteiger partial charge in [0.25, 0.3) is 0 Å². The number of nitrogens with one attached hydrogen (secondary N) is 1. The van der Waals surface area contributed by atoms with Crippen molar-refractivity contribution in [1.82, 2.24) is 5.32 Å². The second kappa shape index (κ2) is 5.93. The first kappa shape index (κ1) is 14.4. The van der Waals surface area contributed by atoms with Gasteiger partial charge in [0.1, 0.15) is 0 Å². The van der Waals surface area contributed by atoms with Gasteiger partial charge in [0.05, 0.1) is 5.54 Å². The Morgan fingerprint density at radius 3 is 2.79 bits per heavy atom. The predicted octanol–water partition coefficient (Wildman–Crippen LogP) is 2.66. The number of rotatable bonds is 4. The molecule has 0 heterocycles. The van der Waals surface area contributed by atoms with Crippen LogP contribution in [0, 0.1) is 0 Å². The zero-order chi connectivity index (χ0) is 13.9. The number of hydrogen-bond donors (Lipinski definition) is 2. The van der Waals surface area contributed by atoms with E-state index in [1.165, 1.54) is 0 Å². The number of halogens is 1. The minimum absolute atomic E-state index is 0.0143. The van der Waals surface area contributed by atoms with E-state index >= 15 is 0 Å². The lowest BCUT2D eigenvalue weighted by molar-refractivity contribution is -0.126. The molecular formula is C15H21ClN2O. The molecule has 3 nitrogen and oxygen atoms in total. The number of hydrogen-bond acceptors (Lipinski definition) is 2. The maximum atomic E-state index is 12.2. The quantitative estimate of drug-likeness (QED) is 0.891. The molecule has 1 aromatic rings. The summed E-state index contributed by atoms with van der Waals surface area (Å²) in [6.07, 6.45) is 4.45. The van der Waals surface area contributed by atoms with E-state index in [-0.39, 0.29) is 11.9 Å². The molecule has 104 valence electrons. The molecule has 1 aromatic carbocycles. The highest BCUT2D eigenvalue weighted by Crippen LogP contribution is 2.27. The van der Waals surface area contributed by atoms with Crippen LogP contribution >= 0.6 is 11.6 Å². The molecule has 1 aliphatic rings. The largest absolute Gasteiger partial charge is 0.352 e. The smallest absolute Gasteiger partial charge is 0.240 e. The van der Waals surface area contributed by atoms with Crippen LogP contribution in [-0.4, -0.2) is 17.5 Å². The van der Waals surface area contributed by atoms with Gasteiger partial charge in [0.2, 0.25) is 5.91 Å². The molecule has 1 atom stereocenters. The van der Waals surface area contributed by atoms with Crippen LogP contribution in [0.5, 0.6) is 0 Å². The molecule has 0 aromatic heterocycles. The summed E-state index contributed by atoms with van der Waals surface area (Å²) in [5.74, 6) is -0.0143. The minimum atomic E-state index is -0.650. The van der Waals surface area contributed by atoms with Crippen molar-refractivity contribution in [1.29, 1.82) is 0 Å². The fourth-order valence-corrected chi connectivity index (χ4v) is 2.88. The van der Waals surface area contributed by atoms with E-state index in [0.29, 0.717) is 0 Å². The standard InChI is InChI=1S/C15H21ClN2O/c1-11(9-12-5-4-6-13(16)10-12)18-14(19)15(17)7-2-3-8-15/h4-6,10-11H,2-3,7-9,17H2,1H3,(H,18,19). The monoisotopic (exact) mass is 280 g/mol. The maximum Gasteiger partial charge on any atom is 0.240 e. The molecule has 2 rings (SSSR count). The van der Waals surface area contributed by atoms with Gasteiger partial charge >= 0.3 is 0 Å². The average molecular weight is 281 g/mol.